The maximum absolute atomic E-state index is 14.4. The van der Waals surface area contributed by atoms with Crippen LogP contribution in [-0.2, 0) is 6.42 Å². The zero-order valence-corrected chi connectivity index (χ0v) is 16.4. The molecule has 1 amide bonds. The average molecular weight is 427 g/mol. The number of aromatic carboxylic acids is 1. The number of fused-ring (bicyclic) bond motifs is 1. The Bertz CT molecular complexity index is 1250. The predicted molar refractivity (Wildman–Crippen MR) is 110 cm³/mol. The van der Waals surface area contributed by atoms with Crippen LogP contribution < -0.4 is 5.32 Å². The summed E-state index contributed by atoms with van der Waals surface area (Å²) in [7, 11) is 0. The number of carboxylic acid groups (broad SMARTS) is 1. The van der Waals surface area contributed by atoms with Gasteiger partial charge in [0.15, 0.2) is 11.6 Å². The highest BCUT2D eigenvalue weighted by molar-refractivity contribution is 7.15. The molecule has 1 aliphatic rings. The van der Waals surface area contributed by atoms with Crippen LogP contribution in [0.15, 0.2) is 35.7 Å². The third kappa shape index (κ3) is 3.15. The summed E-state index contributed by atoms with van der Waals surface area (Å²) >= 11 is 0.875. The number of hydrogen-bond donors (Lipinski definition) is 3. The number of allylic oxidation sites excluding steroid dienone is 1. The van der Waals surface area contributed by atoms with E-state index in [0.717, 1.165) is 16.9 Å². The van der Waals surface area contributed by atoms with Gasteiger partial charge in [0.1, 0.15) is 16.3 Å². The molecule has 1 heterocycles. The zero-order valence-electron chi connectivity index (χ0n) is 15.6. The van der Waals surface area contributed by atoms with E-state index in [-0.39, 0.29) is 38.6 Å². The number of phenolic OH excluding ortho intramolecular Hbond substituents is 1. The fourth-order valence-corrected chi connectivity index (χ4v) is 4.33. The van der Waals surface area contributed by atoms with Gasteiger partial charge >= 0.3 is 5.97 Å². The van der Waals surface area contributed by atoms with Crippen LogP contribution in [0, 0.1) is 18.6 Å². The smallest absolute Gasteiger partial charge is 0.339 e. The number of halogens is 2. The molecule has 2 aromatic carbocycles. The second-order valence-corrected chi connectivity index (χ2v) is 7.69. The van der Waals surface area contributed by atoms with Crippen molar-refractivity contribution in [2.24, 2.45) is 0 Å². The SMILES string of the molecule is Cc1ccc(-c2csc(NC(=O)c3ccc4c(c3O)C=CC4)c2C(=O)O)c(F)c1F. The number of phenols is 1. The van der Waals surface area contributed by atoms with E-state index in [0.29, 0.717) is 12.0 Å². The van der Waals surface area contributed by atoms with Crippen LogP contribution in [0.4, 0.5) is 13.8 Å². The van der Waals surface area contributed by atoms with Crippen molar-refractivity contribution >= 4 is 34.3 Å². The van der Waals surface area contributed by atoms with Gasteiger partial charge in [0.2, 0.25) is 0 Å². The Hall–Kier alpha value is -3.52. The van der Waals surface area contributed by atoms with Crippen molar-refractivity contribution in [3.05, 3.63) is 75.2 Å². The minimum absolute atomic E-state index is 0.0147. The number of nitrogens with one attached hydrogen (secondary N) is 1. The van der Waals surface area contributed by atoms with Crippen molar-refractivity contribution in [2.75, 3.05) is 5.32 Å². The third-order valence-corrected chi connectivity index (χ3v) is 5.87. The molecule has 5 nitrogen and oxygen atoms in total. The summed E-state index contributed by atoms with van der Waals surface area (Å²) < 4.78 is 28.4. The van der Waals surface area contributed by atoms with Crippen LogP contribution in [-0.4, -0.2) is 22.1 Å². The van der Waals surface area contributed by atoms with Crippen molar-refractivity contribution in [3.8, 4) is 16.9 Å². The molecule has 0 bridgehead atoms. The van der Waals surface area contributed by atoms with Gasteiger partial charge in [-0.15, -0.1) is 11.3 Å². The third-order valence-electron chi connectivity index (χ3n) is 4.97. The average Bonchev–Trinajstić information content (AvgIpc) is 3.34. The number of anilines is 1. The highest BCUT2D eigenvalue weighted by atomic mass is 32.1. The molecular weight excluding hydrogens is 412 g/mol. The number of hydrogen-bond acceptors (Lipinski definition) is 4. The van der Waals surface area contributed by atoms with Crippen molar-refractivity contribution in [3.63, 3.8) is 0 Å². The van der Waals surface area contributed by atoms with Crippen LogP contribution >= 0.6 is 11.3 Å². The number of aryl methyl sites for hydroxylation is 1. The van der Waals surface area contributed by atoms with Crippen molar-refractivity contribution in [1.29, 1.82) is 0 Å². The fraction of sp³-hybridized carbons (Fsp3) is 0.0909. The topological polar surface area (TPSA) is 86.6 Å². The minimum atomic E-state index is -1.40. The summed E-state index contributed by atoms with van der Waals surface area (Å²) in [5.74, 6) is -4.52. The van der Waals surface area contributed by atoms with Crippen LogP contribution in [0.5, 0.6) is 5.75 Å². The molecule has 1 aromatic heterocycles. The van der Waals surface area contributed by atoms with Gasteiger partial charge in [-0.1, -0.05) is 30.4 Å². The predicted octanol–water partition coefficient (Wildman–Crippen LogP) is 5.23. The van der Waals surface area contributed by atoms with E-state index < -0.39 is 23.5 Å². The molecule has 3 aromatic rings. The van der Waals surface area contributed by atoms with E-state index >= 15 is 0 Å². The molecule has 0 saturated heterocycles. The number of amides is 1. The normalized spacial score (nSPS) is 12.1. The zero-order chi connectivity index (χ0) is 21.6. The molecule has 1 aliphatic carbocycles. The van der Waals surface area contributed by atoms with Crippen molar-refractivity contribution < 1.29 is 28.6 Å². The highest BCUT2D eigenvalue weighted by Crippen LogP contribution is 2.39. The lowest BCUT2D eigenvalue weighted by molar-refractivity contribution is 0.0699. The highest BCUT2D eigenvalue weighted by Gasteiger charge is 2.26. The molecule has 30 heavy (non-hydrogen) atoms. The molecule has 0 spiro atoms. The largest absolute Gasteiger partial charge is 0.506 e. The van der Waals surface area contributed by atoms with Crippen LogP contribution in [0.3, 0.4) is 0 Å². The minimum Gasteiger partial charge on any atom is -0.506 e. The quantitative estimate of drug-likeness (QED) is 0.532. The summed E-state index contributed by atoms with van der Waals surface area (Å²) in [5.41, 5.74) is 0.905. The number of carboxylic acids is 1. The van der Waals surface area contributed by atoms with E-state index in [1.54, 1.807) is 12.1 Å². The first-order valence-corrected chi connectivity index (χ1v) is 9.80. The maximum Gasteiger partial charge on any atom is 0.339 e. The molecule has 0 atom stereocenters. The summed E-state index contributed by atoms with van der Waals surface area (Å²) in [5, 5.41) is 23.8. The first kappa shape index (κ1) is 19.8. The maximum atomic E-state index is 14.4. The molecule has 3 N–H and O–H groups in total. The lowest BCUT2D eigenvalue weighted by atomic mass is 10.0. The van der Waals surface area contributed by atoms with Gasteiger partial charge in [-0.25, -0.2) is 13.6 Å². The molecule has 0 aliphatic heterocycles. The summed E-state index contributed by atoms with van der Waals surface area (Å²) in [6.07, 6.45) is 4.22. The number of carbonyl (C=O) groups excluding carboxylic acids is 1. The Morgan fingerprint density at radius 3 is 2.60 bits per heavy atom. The number of rotatable bonds is 4. The monoisotopic (exact) mass is 427 g/mol. The lowest BCUT2D eigenvalue weighted by Gasteiger charge is -2.10. The molecule has 0 saturated carbocycles. The molecule has 0 unspecified atom stereocenters. The van der Waals surface area contributed by atoms with Gasteiger partial charge in [0.05, 0.1) is 5.56 Å². The summed E-state index contributed by atoms with van der Waals surface area (Å²) in [6.45, 7) is 1.40. The Labute approximate surface area is 173 Å². The second kappa shape index (κ2) is 7.38. The Kier molecular flexibility index (Phi) is 4.87. The first-order chi connectivity index (χ1) is 14.3. The number of aromatic hydroxyl groups is 1. The van der Waals surface area contributed by atoms with Gasteiger partial charge in [0, 0.05) is 22.1 Å². The Morgan fingerprint density at radius 2 is 1.87 bits per heavy atom. The Balaban J connectivity index is 1.73. The molecule has 0 fully saturated rings. The number of thiophene rings is 1. The number of benzene rings is 2. The van der Waals surface area contributed by atoms with Gasteiger partial charge in [0.25, 0.3) is 5.91 Å². The van der Waals surface area contributed by atoms with Crippen molar-refractivity contribution in [2.45, 2.75) is 13.3 Å². The molecular formula is C22H15F2NO4S. The van der Waals surface area contributed by atoms with E-state index in [1.165, 1.54) is 30.5 Å². The van der Waals surface area contributed by atoms with Gasteiger partial charge < -0.3 is 15.5 Å². The molecule has 0 radical (unpaired) electrons. The Morgan fingerprint density at radius 1 is 1.10 bits per heavy atom. The molecule has 152 valence electrons. The molecule has 4 rings (SSSR count). The van der Waals surface area contributed by atoms with Gasteiger partial charge in [-0.2, -0.15) is 0 Å². The second-order valence-electron chi connectivity index (χ2n) is 6.81. The fourth-order valence-electron chi connectivity index (χ4n) is 3.39. The van der Waals surface area contributed by atoms with Crippen LogP contribution in [0.25, 0.3) is 17.2 Å². The van der Waals surface area contributed by atoms with Crippen LogP contribution in [0.1, 0.15) is 37.4 Å². The summed E-state index contributed by atoms with van der Waals surface area (Å²) in [4.78, 5) is 24.6. The lowest BCUT2D eigenvalue weighted by Crippen LogP contribution is -2.14. The van der Waals surface area contributed by atoms with Gasteiger partial charge in [-0.3, -0.25) is 4.79 Å². The summed E-state index contributed by atoms with van der Waals surface area (Å²) in [6, 6.07) is 5.82. The van der Waals surface area contributed by atoms with E-state index in [4.69, 9.17) is 0 Å². The van der Waals surface area contributed by atoms with E-state index in [9.17, 15) is 28.6 Å². The van der Waals surface area contributed by atoms with Crippen molar-refractivity contribution in [1.82, 2.24) is 0 Å². The first-order valence-electron chi connectivity index (χ1n) is 8.92. The van der Waals surface area contributed by atoms with E-state index in [2.05, 4.69) is 5.32 Å². The molecule has 8 heteroatoms. The number of carbonyl (C=O) groups is 2. The standard InChI is InChI=1S/C22H15F2NO4S/c1-10-5-7-13(18(24)17(10)23)15-9-30-21(16(15)22(28)29)25-20(27)14-8-6-11-3-2-4-12(11)19(14)26/h2,4-9,26H,3H2,1H3,(H,25,27)(H,28,29). The van der Waals surface area contributed by atoms with E-state index in [1.807, 2.05) is 6.08 Å². The van der Waals surface area contributed by atoms with Crippen LogP contribution in [0.2, 0.25) is 0 Å². The van der Waals surface area contributed by atoms with Gasteiger partial charge in [-0.05, 0) is 30.5 Å².